The maximum Gasteiger partial charge on any atom is 0.175 e. The third-order valence-electron chi connectivity index (χ3n) is 8.14. The van der Waals surface area contributed by atoms with E-state index in [4.69, 9.17) is 21.1 Å². The molecule has 0 aromatic heterocycles. The average molecular weight is 627 g/mol. The van der Waals surface area contributed by atoms with Gasteiger partial charge in [0, 0.05) is 53.4 Å². The number of ketones is 2. The third kappa shape index (κ3) is 5.49. The third-order valence-corrected chi connectivity index (χ3v) is 8.98. The Balaban J connectivity index is 1.63. The first-order chi connectivity index (χ1) is 18.8. The van der Waals surface area contributed by atoms with Gasteiger partial charge in [-0.15, -0.1) is 0 Å². The molecule has 2 aliphatic carbocycles. The summed E-state index contributed by atoms with van der Waals surface area (Å²) in [4.78, 5) is 29.8. The van der Waals surface area contributed by atoms with Crippen LogP contribution in [0.15, 0.2) is 63.4 Å². The van der Waals surface area contributed by atoms with Crippen molar-refractivity contribution in [1.82, 2.24) is 4.90 Å². The van der Waals surface area contributed by atoms with Crippen LogP contribution < -0.4 is 9.47 Å². The lowest BCUT2D eigenvalue weighted by Gasteiger charge is -2.48. The Labute approximate surface area is 250 Å². The van der Waals surface area contributed by atoms with Crippen LogP contribution in [0.3, 0.4) is 0 Å². The minimum Gasteiger partial charge on any atom is -0.490 e. The van der Waals surface area contributed by atoms with Crippen LogP contribution in [0.25, 0.3) is 0 Å². The second-order valence-corrected chi connectivity index (χ2v) is 14.1. The van der Waals surface area contributed by atoms with Crippen molar-refractivity contribution < 1.29 is 19.1 Å². The van der Waals surface area contributed by atoms with Crippen molar-refractivity contribution in [3.63, 3.8) is 0 Å². The Morgan fingerprint density at radius 2 is 1.45 bits per heavy atom. The quantitative estimate of drug-likeness (QED) is 0.322. The van der Waals surface area contributed by atoms with Crippen LogP contribution in [0.4, 0.5) is 0 Å². The highest BCUT2D eigenvalue weighted by atomic mass is 79.9. The molecular formula is C33H37BrClNO4. The van der Waals surface area contributed by atoms with Crippen LogP contribution in [0.1, 0.15) is 77.3 Å². The number of rotatable bonds is 6. The highest BCUT2D eigenvalue weighted by Gasteiger charge is 2.48. The number of carbonyl (C=O) groups is 2. The lowest BCUT2D eigenvalue weighted by molar-refractivity contribution is -0.119. The van der Waals surface area contributed by atoms with E-state index in [2.05, 4.69) is 48.5 Å². The van der Waals surface area contributed by atoms with Crippen LogP contribution in [0.2, 0.25) is 5.02 Å². The predicted octanol–water partition coefficient (Wildman–Crippen LogP) is 8.40. The lowest BCUT2D eigenvalue weighted by atomic mass is 9.64. The van der Waals surface area contributed by atoms with Crippen molar-refractivity contribution in [2.24, 2.45) is 10.8 Å². The maximum absolute atomic E-state index is 13.8. The van der Waals surface area contributed by atoms with Crippen molar-refractivity contribution >= 4 is 39.1 Å². The number of nitrogens with zero attached hydrogens (tertiary/aromatic N) is 1. The van der Waals surface area contributed by atoms with Crippen LogP contribution in [0.5, 0.6) is 11.5 Å². The van der Waals surface area contributed by atoms with Gasteiger partial charge in [-0.3, -0.25) is 9.59 Å². The van der Waals surface area contributed by atoms with Gasteiger partial charge in [-0.2, -0.15) is 0 Å². The maximum atomic E-state index is 13.8. The fraction of sp³-hybridized carbons (Fsp3) is 0.455. The summed E-state index contributed by atoms with van der Waals surface area (Å²) in [5, 5.41) is 0.672. The molecule has 0 unspecified atom stereocenters. The molecule has 0 bridgehead atoms. The first-order valence-corrected chi connectivity index (χ1v) is 15.1. The first kappa shape index (κ1) is 28.9. The average Bonchev–Trinajstić information content (AvgIpc) is 2.85. The Kier molecular flexibility index (Phi) is 7.73. The molecule has 0 spiro atoms. The number of hydrogen-bond donors (Lipinski definition) is 0. The van der Waals surface area contributed by atoms with Crippen LogP contribution in [-0.2, 0) is 16.2 Å². The number of allylic oxidation sites excluding steroid dienone is 4. The Morgan fingerprint density at radius 1 is 0.900 bits per heavy atom. The number of ether oxygens (including phenoxy) is 2. The molecule has 0 N–H and O–H groups in total. The lowest BCUT2D eigenvalue weighted by Crippen LogP contribution is -2.43. The molecule has 2 aromatic carbocycles. The SMILES string of the molecule is CCOc1cc(C2C3=C(CC(C)(C)CC3=O)N(C)C3=C2C(=O)CC(C)(C)C3)cc(Br)c1OCc1ccc(Cl)cc1. The molecular weight excluding hydrogens is 590 g/mol. The molecule has 1 aliphatic heterocycles. The summed E-state index contributed by atoms with van der Waals surface area (Å²) in [5.41, 5.74) is 5.13. The molecule has 2 aromatic rings. The van der Waals surface area contributed by atoms with Crippen molar-refractivity contribution in [2.45, 2.75) is 72.8 Å². The molecule has 1 heterocycles. The van der Waals surface area contributed by atoms with E-state index in [1.54, 1.807) is 0 Å². The Bertz CT molecular complexity index is 1380. The van der Waals surface area contributed by atoms with Gasteiger partial charge in [-0.1, -0.05) is 51.4 Å². The number of benzene rings is 2. The Hall–Kier alpha value is -2.57. The van der Waals surface area contributed by atoms with E-state index in [1.807, 2.05) is 50.4 Å². The Morgan fingerprint density at radius 3 is 1.98 bits per heavy atom. The summed E-state index contributed by atoms with van der Waals surface area (Å²) in [6.07, 6.45) is 2.49. The summed E-state index contributed by atoms with van der Waals surface area (Å²) >= 11 is 9.78. The molecule has 40 heavy (non-hydrogen) atoms. The molecule has 0 atom stereocenters. The zero-order valence-electron chi connectivity index (χ0n) is 24.1. The van der Waals surface area contributed by atoms with Crippen LogP contribution in [-0.4, -0.2) is 30.1 Å². The highest BCUT2D eigenvalue weighted by Crippen LogP contribution is 2.55. The van der Waals surface area contributed by atoms with E-state index < -0.39 is 5.92 Å². The van der Waals surface area contributed by atoms with E-state index >= 15 is 0 Å². The molecule has 7 heteroatoms. The van der Waals surface area contributed by atoms with Crippen molar-refractivity contribution in [2.75, 3.05) is 13.7 Å². The summed E-state index contributed by atoms with van der Waals surface area (Å²) in [7, 11) is 2.03. The standard InChI is InChI=1S/C33H37BrClNO4/c1-7-39-27-13-20(12-22(34)31(27)40-18-19-8-10-21(35)11-9-19)28-29-23(14-32(2,3)16-25(29)37)36(6)24-15-33(4,5)17-26(38)30(24)28/h8-13,28H,7,14-18H2,1-6H3. The van der Waals surface area contributed by atoms with Gasteiger partial charge in [0.05, 0.1) is 11.1 Å². The smallest absolute Gasteiger partial charge is 0.175 e. The zero-order valence-corrected chi connectivity index (χ0v) is 26.5. The molecule has 3 aliphatic rings. The minimum absolute atomic E-state index is 0.115. The largest absolute Gasteiger partial charge is 0.490 e. The topological polar surface area (TPSA) is 55.8 Å². The van der Waals surface area contributed by atoms with Gasteiger partial charge in [-0.25, -0.2) is 0 Å². The van der Waals surface area contributed by atoms with Gasteiger partial charge in [-0.05, 0) is 81.9 Å². The molecule has 0 amide bonds. The zero-order chi connectivity index (χ0) is 29.0. The molecule has 0 fully saturated rings. The molecule has 212 valence electrons. The van der Waals surface area contributed by atoms with E-state index in [-0.39, 0.29) is 22.4 Å². The number of hydrogen-bond acceptors (Lipinski definition) is 5. The van der Waals surface area contributed by atoms with Gasteiger partial charge in [0.1, 0.15) is 6.61 Å². The summed E-state index contributed by atoms with van der Waals surface area (Å²) < 4.78 is 13.0. The van der Waals surface area contributed by atoms with Gasteiger partial charge >= 0.3 is 0 Å². The highest BCUT2D eigenvalue weighted by molar-refractivity contribution is 9.10. The van der Waals surface area contributed by atoms with Crippen LogP contribution in [0, 0.1) is 10.8 Å². The summed E-state index contributed by atoms with van der Waals surface area (Å²) in [6, 6.07) is 11.5. The van der Waals surface area contributed by atoms with E-state index in [0.29, 0.717) is 42.6 Å². The van der Waals surface area contributed by atoms with Crippen molar-refractivity contribution in [3.05, 3.63) is 79.6 Å². The molecule has 5 nitrogen and oxygen atoms in total. The second-order valence-electron chi connectivity index (χ2n) is 12.8. The van der Waals surface area contributed by atoms with Crippen LogP contribution >= 0.6 is 27.5 Å². The van der Waals surface area contributed by atoms with Crippen molar-refractivity contribution in [3.8, 4) is 11.5 Å². The first-order valence-electron chi connectivity index (χ1n) is 13.9. The van der Waals surface area contributed by atoms with Gasteiger partial charge in [0.25, 0.3) is 0 Å². The number of carbonyl (C=O) groups excluding carboxylic acids is 2. The normalized spacial score (nSPS) is 20.4. The van der Waals surface area contributed by atoms with E-state index in [9.17, 15) is 9.59 Å². The molecule has 5 rings (SSSR count). The molecule has 0 saturated carbocycles. The van der Waals surface area contributed by atoms with E-state index in [0.717, 1.165) is 51.0 Å². The van der Waals surface area contributed by atoms with E-state index in [1.165, 1.54) is 0 Å². The van der Waals surface area contributed by atoms with Gasteiger partial charge in [0.2, 0.25) is 0 Å². The summed E-state index contributed by atoms with van der Waals surface area (Å²) in [5.74, 6) is 0.961. The van der Waals surface area contributed by atoms with Gasteiger partial charge in [0.15, 0.2) is 23.1 Å². The summed E-state index contributed by atoms with van der Waals surface area (Å²) in [6.45, 7) is 11.3. The predicted molar refractivity (Wildman–Crippen MR) is 162 cm³/mol. The van der Waals surface area contributed by atoms with Gasteiger partial charge < -0.3 is 14.4 Å². The second kappa shape index (κ2) is 10.7. The number of Topliss-reactive ketones (excluding diaryl/α,β-unsaturated/α-hetero) is 2. The fourth-order valence-corrected chi connectivity index (χ4v) is 7.09. The number of halogens is 2. The van der Waals surface area contributed by atoms with Crippen molar-refractivity contribution in [1.29, 1.82) is 0 Å². The molecule has 0 radical (unpaired) electrons. The fourth-order valence-electron chi connectivity index (χ4n) is 6.39. The molecule has 0 saturated heterocycles. The minimum atomic E-state index is -0.436. The monoisotopic (exact) mass is 625 g/mol.